The molecular formula is C16H23FN2S. The number of piperidine rings is 1. The maximum atomic E-state index is 13.9. The second-order valence-electron chi connectivity index (χ2n) is 6.11. The van der Waals surface area contributed by atoms with Gasteiger partial charge in [0.05, 0.1) is 0 Å². The molecule has 1 aliphatic heterocycles. The van der Waals surface area contributed by atoms with Crippen LogP contribution in [0.5, 0.6) is 0 Å². The predicted molar refractivity (Wildman–Crippen MR) is 85.2 cm³/mol. The Hall–Kier alpha value is -1.00. The van der Waals surface area contributed by atoms with Crippen molar-refractivity contribution in [1.82, 2.24) is 4.90 Å². The van der Waals surface area contributed by atoms with E-state index in [-0.39, 0.29) is 5.82 Å². The molecule has 1 aliphatic rings. The largest absolute Gasteiger partial charge is 0.389 e. The number of nitrogens with two attached hydrogens (primary N) is 1. The zero-order valence-corrected chi connectivity index (χ0v) is 13.1. The number of hydrogen-bond acceptors (Lipinski definition) is 2. The molecule has 1 saturated heterocycles. The van der Waals surface area contributed by atoms with Crippen molar-refractivity contribution in [3.63, 3.8) is 0 Å². The van der Waals surface area contributed by atoms with Crippen molar-refractivity contribution in [3.05, 3.63) is 35.1 Å². The van der Waals surface area contributed by atoms with E-state index in [1.807, 2.05) is 0 Å². The van der Waals surface area contributed by atoms with Gasteiger partial charge in [-0.2, -0.15) is 0 Å². The lowest BCUT2D eigenvalue weighted by Gasteiger charge is -2.39. The van der Waals surface area contributed by atoms with Crippen LogP contribution in [0.25, 0.3) is 0 Å². The van der Waals surface area contributed by atoms with Crippen molar-refractivity contribution in [1.29, 1.82) is 0 Å². The molecule has 0 saturated carbocycles. The molecular weight excluding hydrogens is 271 g/mol. The lowest BCUT2D eigenvalue weighted by Crippen LogP contribution is -2.38. The fraction of sp³-hybridized carbons (Fsp3) is 0.562. The van der Waals surface area contributed by atoms with Gasteiger partial charge in [-0.1, -0.05) is 32.5 Å². The fourth-order valence-corrected chi connectivity index (χ4v) is 2.82. The van der Waals surface area contributed by atoms with Gasteiger partial charge in [0.25, 0.3) is 0 Å². The van der Waals surface area contributed by atoms with Gasteiger partial charge in [-0.05, 0) is 49.5 Å². The molecule has 0 unspecified atom stereocenters. The summed E-state index contributed by atoms with van der Waals surface area (Å²) in [6.45, 7) is 7.30. The first-order valence-corrected chi connectivity index (χ1v) is 7.65. The van der Waals surface area contributed by atoms with Crippen molar-refractivity contribution >= 4 is 17.2 Å². The SMILES string of the molecule is CCC1(C)CCN(Cc2cc(C(N)=S)ccc2F)CC1. The van der Waals surface area contributed by atoms with Crippen LogP contribution < -0.4 is 5.73 Å². The molecule has 2 N–H and O–H groups in total. The van der Waals surface area contributed by atoms with Crippen molar-refractivity contribution in [2.45, 2.75) is 39.7 Å². The van der Waals surface area contributed by atoms with Gasteiger partial charge in [0.15, 0.2) is 0 Å². The molecule has 1 aromatic rings. The van der Waals surface area contributed by atoms with Gasteiger partial charge >= 0.3 is 0 Å². The first kappa shape index (κ1) is 15.4. The number of benzene rings is 1. The summed E-state index contributed by atoms with van der Waals surface area (Å²) in [6.07, 6.45) is 3.58. The van der Waals surface area contributed by atoms with Crippen LogP contribution in [0.3, 0.4) is 0 Å². The fourth-order valence-electron chi connectivity index (χ4n) is 2.69. The second-order valence-corrected chi connectivity index (χ2v) is 6.55. The quantitative estimate of drug-likeness (QED) is 0.862. The van der Waals surface area contributed by atoms with Crippen LogP contribution in [-0.2, 0) is 6.54 Å². The van der Waals surface area contributed by atoms with Crippen LogP contribution in [0.15, 0.2) is 18.2 Å². The van der Waals surface area contributed by atoms with Crippen molar-refractivity contribution in [2.24, 2.45) is 11.1 Å². The topological polar surface area (TPSA) is 29.3 Å². The molecule has 110 valence electrons. The first-order valence-electron chi connectivity index (χ1n) is 7.24. The highest BCUT2D eigenvalue weighted by atomic mass is 32.1. The normalized spacial score (nSPS) is 18.9. The van der Waals surface area contributed by atoms with Crippen molar-refractivity contribution in [2.75, 3.05) is 13.1 Å². The van der Waals surface area contributed by atoms with E-state index in [9.17, 15) is 4.39 Å². The van der Waals surface area contributed by atoms with Gasteiger partial charge in [0.1, 0.15) is 10.8 Å². The third kappa shape index (κ3) is 3.55. The minimum absolute atomic E-state index is 0.172. The summed E-state index contributed by atoms with van der Waals surface area (Å²) in [5.41, 5.74) is 7.50. The highest BCUT2D eigenvalue weighted by molar-refractivity contribution is 7.80. The van der Waals surface area contributed by atoms with Crippen LogP contribution in [-0.4, -0.2) is 23.0 Å². The van der Waals surface area contributed by atoms with Crippen LogP contribution in [0.4, 0.5) is 4.39 Å². The van der Waals surface area contributed by atoms with E-state index in [1.165, 1.54) is 25.3 Å². The molecule has 0 atom stereocenters. The molecule has 0 amide bonds. The molecule has 0 aliphatic carbocycles. The predicted octanol–water partition coefficient (Wildman–Crippen LogP) is 3.47. The molecule has 1 fully saturated rings. The van der Waals surface area contributed by atoms with Crippen molar-refractivity contribution < 1.29 is 4.39 Å². The number of likely N-dealkylation sites (tertiary alicyclic amines) is 1. The van der Waals surface area contributed by atoms with Gasteiger partial charge in [0.2, 0.25) is 0 Å². The number of halogens is 1. The van der Waals surface area contributed by atoms with Gasteiger partial charge < -0.3 is 5.73 Å². The number of thiocarbonyl (C=S) groups is 1. The second kappa shape index (κ2) is 6.19. The molecule has 0 spiro atoms. The Bertz CT molecular complexity index is 493. The number of nitrogens with zero attached hydrogens (tertiary/aromatic N) is 1. The minimum atomic E-state index is -0.172. The van der Waals surface area contributed by atoms with E-state index in [2.05, 4.69) is 18.7 Å². The zero-order valence-electron chi connectivity index (χ0n) is 12.3. The minimum Gasteiger partial charge on any atom is -0.389 e. The molecule has 20 heavy (non-hydrogen) atoms. The zero-order chi connectivity index (χ0) is 14.8. The van der Waals surface area contributed by atoms with Crippen LogP contribution in [0.2, 0.25) is 0 Å². The van der Waals surface area contributed by atoms with E-state index < -0.39 is 0 Å². The third-order valence-electron chi connectivity index (χ3n) is 4.64. The molecule has 0 radical (unpaired) electrons. The average Bonchev–Trinajstić information content (AvgIpc) is 2.43. The molecule has 2 nitrogen and oxygen atoms in total. The highest BCUT2D eigenvalue weighted by Crippen LogP contribution is 2.34. The standard InChI is InChI=1S/C16H23FN2S/c1-3-16(2)6-8-19(9-7-16)11-13-10-12(15(18)20)4-5-14(13)17/h4-5,10H,3,6-9,11H2,1-2H3,(H2,18,20). The monoisotopic (exact) mass is 294 g/mol. The Balaban J connectivity index is 2.04. The Kier molecular flexibility index (Phi) is 4.76. The van der Waals surface area contributed by atoms with Crippen molar-refractivity contribution in [3.8, 4) is 0 Å². The molecule has 0 aromatic heterocycles. The summed E-state index contributed by atoms with van der Waals surface area (Å²) in [7, 11) is 0. The number of rotatable bonds is 4. The number of hydrogen-bond donors (Lipinski definition) is 1. The molecule has 1 aromatic carbocycles. The van der Waals surface area contributed by atoms with Crippen LogP contribution in [0, 0.1) is 11.2 Å². The summed E-state index contributed by atoms with van der Waals surface area (Å²) in [5.74, 6) is -0.172. The van der Waals surface area contributed by atoms with Gasteiger partial charge in [-0.25, -0.2) is 4.39 Å². The van der Waals surface area contributed by atoms with Gasteiger partial charge in [-0.15, -0.1) is 0 Å². The smallest absolute Gasteiger partial charge is 0.127 e. The molecule has 0 bridgehead atoms. The summed E-state index contributed by atoms with van der Waals surface area (Å²) in [5, 5.41) is 0. The highest BCUT2D eigenvalue weighted by Gasteiger charge is 2.28. The van der Waals surface area contributed by atoms with Crippen LogP contribution >= 0.6 is 12.2 Å². The molecule has 4 heteroatoms. The Morgan fingerprint density at radius 2 is 2.05 bits per heavy atom. The summed E-state index contributed by atoms with van der Waals surface area (Å²) >= 11 is 4.96. The van der Waals surface area contributed by atoms with E-state index in [0.29, 0.717) is 22.5 Å². The molecule has 1 heterocycles. The summed E-state index contributed by atoms with van der Waals surface area (Å²) < 4.78 is 13.9. The lowest BCUT2D eigenvalue weighted by molar-refractivity contribution is 0.109. The maximum Gasteiger partial charge on any atom is 0.127 e. The van der Waals surface area contributed by atoms with Crippen LogP contribution in [0.1, 0.15) is 44.2 Å². The van der Waals surface area contributed by atoms with E-state index >= 15 is 0 Å². The Morgan fingerprint density at radius 1 is 1.40 bits per heavy atom. The Morgan fingerprint density at radius 3 is 2.60 bits per heavy atom. The lowest BCUT2D eigenvalue weighted by atomic mass is 9.78. The van der Waals surface area contributed by atoms with E-state index in [1.54, 1.807) is 12.1 Å². The van der Waals surface area contributed by atoms with Gasteiger partial charge in [-0.3, -0.25) is 4.90 Å². The van der Waals surface area contributed by atoms with Gasteiger partial charge in [0, 0.05) is 17.7 Å². The average molecular weight is 294 g/mol. The summed E-state index contributed by atoms with van der Waals surface area (Å²) in [4.78, 5) is 2.64. The Labute approximate surface area is 126 Å². The molecule has 2 rings (SSSR count). The van der Waals surface area contributed by atoms with E-state index in [0.717, 1.165) is 18.7 Å². The third-order valence-corrected chi connectivity index (χ3v) is 4.88. The first-order chi connectivity index (χ1) is 9.43. The maximum absolute atomic E-state index is 13.9. The summed E-state index contributed by atoms with van der Waals surface area (Å²) in [6, 6.07) is 4.89. The van der Waals surface area contributed by atoms with E-state index in [4.69, 9.17) is 18.0 Å².